The van der Waals surface area contributed by atoms with Crippen molar-refractivity contribution < 1.29 is 4.74 Å². The van der Waals surface area contributed by atoms with Gasteiger partial charge in [-0.1, -0.05) is 13.8 Å². The van der Waals surface area contributed by atoms with Crippen molar-refractivity contribution in [2.24, 2.45) is 5.92 Å². The maximum absolute atomic E-state index is 5.52. The first-order valence-corrected chi connectivity index (χ1v) is 8.83. The van der Waals surface area contributed by atoms with Crippen LogP contribution in [-0.2, 0) is 11.2 Å². The molecule has 2 unspecified atom stereocenters. The summed E-state index contributed by atoms with van der Waals surface area (Å²) < 4.78 is 5.52. The number of nitrogens with one attached hydrogen (secondary N) is 1. The van der Waals surface area contributed by atoms with E-state index < -0.39 is 0 Å². The average Bonchev–Trinajstić information content (AvgIpc) is 3.07. The third-order valence-electron chi connectivity index (χ3n) is 4.31. The molecule has 1 N–H and O–H groups in total. The first-order chi connectivity index (χ1) is 9.74. The Morgan fingerprint density at radius 3 is 3.05 bits per heavy atom. The molecule has 1 aliphatic heterocycles. The monoisotopic (exact) mass is 294 g/mol. The van der Waals surface area contributed by atoms with E-state index in [0.717, 1.165) is 38.6 Å². The van der Waals surface area contributed by atoms with E-state index in [4.69, 9.17) is 9.72 Å². The minimum Gasteiger partial charge on any atom is -0.381 e. The summed E-state index contributed by atoms with van der Waals surface area (Å²) in [7, 11) is 0. The lowest BCUT2D eigenvalue weighted by Crippen LogP contribution is -2.27. The second kappa shape index (κ2) is 6.54. The van der Waals surface area contributed by atoms with Gasteiger partial charge < -0.3 is 10.1 Å². The largest absolute Gasteiger partial charge is 0.381 e. The molecule has 4 heteroatoms. The molecule has 1 aromatic rings. The van der Waals surface area contributed by atoms with Gasteiger partial charge in [0.05, 0.1) is 17.3 Å². The van der Waals surface area contributed by atoms with Gasteiger partial charge in [0.25, 0.3) is 0 Å². The van der Waals surface area contributed by atoms with Crippen molar-refractivity contribution in [1.29, 1.82) is 0 Å². The van der Waals surface area contributed by atoms with Crippen LogP contribution in [0.25, 0.3) is 0 Å². The molecule has 0 bridgehead atoms. The summed E-state index contributed by atoms with van der Waals surface area (Å²) in [6.07, 6.45) is 5.01. The summed E-state index contributed by atoms with van der Waals surface area (Å²) in [5.74, 6) is 1.92. The van der Waals surface area contributed by atoms with E-state index >= 15 is 0 Å². The van der Waals surface area contributed by atoms with Gasteiger partial charge in [-0.15, -0.1) is 11.3 Å². The van der Waals surface area contributed by atoms with Gasteiger partial charge in [0.1, 0.15) is 0 Å². The Morgan fingerprint density at radius 1 is 1.40 bits per heavy atom. The number of ether oxygens (including phenoxy) is 1. The Morgan fingerprint density at radius 2 is 2.30 bits per heavy atom. The maximum Gasteiger partial charge on any atom is 0.0986 e. The minimum atomic E-state index is 0.565. The summed E-state index contributed by atoms with van der Waals surface area (Å²) in [6, 6.07) is 0. The highest BCUT2D eigenvalue weighted by atomic mass is 32.1. The number of aromatic nitrogens is 1. The Kier molecular flexibility index (Phi) is 4.74. The third-order valence-corrected chi connectivity index (χ3v) is 5.60. The Bertz CT molecular complexity index is 438. The third kappa shape index (κ3) is 3.23. The molecule has 0 saturated carbocycles. The van der Waals surface area contributed by atoms with Gasteiger partial charge in [-0.25, -0.2) is 4.98 Å². The number of rotatable bonds is 5. The highest BCUT2D eigenvalue weighted by Gasteiger charge is 2.28. The first kappa shape index (κ1) is 14.5. The van der Waals surface area contributed by atoms with Crippen molar-refractivity contribution in [2.45, 2.75) is 51.4 Å². The molecular formula is C16H26N2OS. The van der Waals surface area contributed by atoms with Crippen LogP contribution in [0.1, 0.15) is 60.5 Å². The minimum absolute atomic E-state index is 0.565. The second-order valence-electron chi connectivity index (χ2n) is 6.56. The topological polar surface area (TPSA) is 34.1 Å². The van der Waals surface area contributed by atoms with Crippen LogP contribution < -0.4 is 5.32 Å². The molecule has 2 atom stereocenters. The van der Waals surface area contributed by atoms with Crippen molar-refractivity contribution >= 4 is 11.3 Å². The van der Waals surface area contributed by atoms with Crippen LogP contribution in [-0.4, -0.2) is 31.3 Å². The Hall–Kier alpha value is -0.450. The molecule has 1 aromatic heterocycles. The quantitative estimate of drug-likeness (QED) is 0.904. The summed E-state index contributed by atoms with van der Waals surface area (Å²) >= 11 is 1.96. The number of thiazole rings is 1. The van der Waals surface area contributed by atoms with Crippen LogP contribution in [0.3, 0.4) is 0 Å². The molecule has 0 spiro atoms. The molecule has 2 heterocycles. The van der Waals surface area contributed by atoms with Gasteiger partial charge in [0.15, 0.2) is 0 Å². The van der Waals surface area contributed by atoms with Crippen LogP contribution in [0.15, 0.2) is 0 Å². The van der Waals surface area contributed by atoms with Crippen LogP contribution >= 0.6 is 11.3 Å². The molecule has 3 rings (SSSR count). The van der Waals surface area contributed by atoms with Gasteiger partial charge in [0.2, 0.25) is 0 Å². The van der Waals surface area contributed by atoms with E-state index in [1.54, 1.807) is 4.88 Å². The maximum atomic E-state index is 5.52. The van der Waals surface area contributed by atoms with E-state index in [2.05, 4.69) is 19.2 Å². The lowest BCUT2D eigenvalue weighted by atomic mass is 9.91. The van der Waals surface area contributed by atoms with Crippen LogP contribution in [0.4, 0.5) is 0 Å². The molecule has 0 amide bonds. The summed E-state index contributed by atoms with van der Waals surface area (Å²) in [4.78, 5) is 6.56. The standard InChI is InChI=1S/C16H26N2OS/c1-11(2)8-17-9-12-4-3-5-14-15(12)18-16(20-14)13-6-7-19-10-13/h11-13,17H,3-10H2,1-2H3. The zero-order valence-corrected chi connectivity index (χ0v) is 13.5. The lowest BCUT2D eigenvalue weighted by Gasteiger charge is -2.22. The van der Waals surface area contributed by atoms with Crippen molar-refractivity contribution in [3.63, 3.8) is 0 Å². The molecule has 3 nitrogen and oxygen atoms in total. The summed E-state index contributed by atoms with van der Waals surface area (Å²) in [5, 5.41) is 4.95. The van der Waals surface area contributed by atoms with Crippen molar-refractivity contribution in [3.05, 3.63) is 15.6 Å². The van der Waals surface area contributed by atoms with E-state index in [9.17, 15) is 0 Å². The van der Waals surface area contributed by atoms with Gasteiger partial charge in [0, 0.05) is 29.9 Å². The van der Waals surface area contributed by atoms with Crippen LogP contribution in [0, 0.1) is 5.92 Å². The fourth-order valence-corrected chi connectivity index (χ4v) is 4.49. The number of fused-ring (bicyclic) bond motifs is 1. The van der Waals surface area contributed by atoms with Crippen LogP contribution in [0.2, 0.25) is 0 Å². The van der Waals surface area contributed by atoms with Gasteiger partial charge in [-0.3, -0.25) is 0 Å². The van der Waals surface area contributed by atoms with E-state index in [-0.39, 0.29) is 0 Å². The molecule has 2 aliphatic rings. The highest BCUT2D eigenvalue weighted by Crippen LogP contribution is 2.38. The van der Waals surface area contributed by atoms with Gasteiger partial charge in [-0.05, 0) is 38.1 Å². The van der Waals surface area contributed by atoms with Crippen LogP contribution in [0.5, 0.6) is 0 Å². The van der Waals surface area contributed by atoms with Crippen molar-refractivity contribution in [2.75, 3.05) is 26.3 Å². The average molecular weight is 294 g/mol. The SMILES string of the molecule is CC(C)CNCC1CCCc2sc(C3CCOC3)nc21. The molecule has 1 saturated heterocycles. The van der Waals surface area contributed by atoms with Crippen molar-refractivity contribution in [3.8, 4) is 0 Å². The smallest absolute Gasteiger partial charge is 0.0986 e. The van der Waals surface area contributed by atoms with E-state index in [1.807, 2.05) is 11.3 Å². The normalized spacial score (nSPS) is 26.1. The number of nitrogens with zero attached hydrogens (tertiary/aromatic N) is 1. The van der Waals surface area contributed by atoms with Crippen molar-refractivity contribution in [1.82, 2.24) is 10.3 Å². The molecule has 0 aromatic carbocycles. The Labute approximate surface area is 126 Å². The molecule has 112 valence electrons. The number of hydrogen-bond acceptors (Lipinski definition) is 4. The summed E-state index contributed by atoms with van der Waals surface area (Å²) in [6.45, 7) is 8.52. The lowest BCUT2D eigenvalue weighted by molar-refractivity contribution is 0.194. The predicted octanol–water partition coefficient (Wildman–Crippen LogP) is 3.31. The molecule has 1 fully saturated rings. The first-order valence-electron chi connectivity index (χ1n) is 8.02. The molecular weight excluding hydrogens is 268 g/mol. The zero-order chi connectivity index (χ0) is 13.9. The highest BCUT2D eigenvalue weighted by molar-refractivity contribution is 7.11. The van der Waals surface area contributed by atoms with Gasteiger partial charge >= 0.3 is 0 Å². The fourth-order valence-electron chi connectivity index (χ4n) is 3.18. The predicted molar refractivity (Wildman–Crippen MR) is 83.7 cm³/mol. The second-order valence-corrected chi connectivity index (χ2v) is 7.68. The molecule has 1 aliphatic carbocycles. The molecule has 0 radical (unpaired) electrons. The Balaban J connectivity index is 1.68. The number of hydrogen-bond donors (Lipinski definition) is 1. The fraction of sp³-hybridized carbons (Fsp3) is 0.812. The zero-order valence-electron chi connectivity index (χ0n) is 12.7. The number of aryl methyl sites for hydroxylation is 1. The molecule has 20 heavy (non-hydrogen) atoms. The summed E-state index contributed by atoms with van der Waals surface area (Å²) in [5.41, 5.74) is 1.40. The van der Waals surface area contributed by atoms with Gasteiger partial charge in [-0.2, -0.15) is 0 Å². The van der Waals surface area contributed by atoms with E-state index in [0.29, 0.717) is 11.8 Å². The van der Waals surface area contributed by atoms with E-state index in [1.165, 1.54) is 30.0 Å².